The lowest BCUT2D eigenvalue weighted by atomic mass is 10.4. The highest BCUT2D eigenvalue weighted by Crippen LogP contribution is 2.07. The first-order chi connectivity index (χ1) is 5.70. The van der Waals surface area contributed by atoms with Crippen LogP contribution in [0.1, 0.15) is 9.67 Å². The van der Waals surface area contributed by atoms with Crippen LogP contribution >= 0.6 is 23.6 Å². The molecule has 3 nitrogen and oxygen atoms in total. The van der Waals surface area contributed by atoms with E-state index in [1.54, 1.807) is 6.07 Å². The lowest BCUT2D eigenvalue weighted by Crippen LogP contribution is -2.31. The Bertz CT molecular complexity index is 282. The molecular formula is C7H8N2OS2. The lowest BCUT2D eigenvalue weighted by molar-refractivity contribution is 0.0963. The fraction of sp³-hybridized carbons (Fsp3) is 0.143. The van der Waals surface area contributed by atoms with Crippen molar-refractivity contribution >= 4 is 34.5 Å². The Hall–Kier alpha value is -0.940. The van der Waals surface area contributed by atoms with E-state index in [1.807, 2.05) is 11.4 Å². The van der Waals surface area contributed by atoms with E-state index < -0.39 is 0 Å². The molecule has 64 valence electrons. The molecule has 1 amide bonds. The first-order valence-electron chi connectivity index (χ1n) is 3.30. The quantitative estimate of drug-likeness (QED) is 0.708. The van der Waals surface area contributed by atoms with Gasteiger partial charge in [0.15, 0.2) is 0 Å². The predicted octanol–water partition coefficient (Wildman–Crippen LogP) is 0.764. The summed E-state index contributed by atoms with van der Waals surface area (Å²) >= 11 is 6.00. The molecule has 0 aliphatic carbocycles. The third kappa shape index (κ3) is 2.60. The van der Waals surface area contributed by atoms with Gasteiger partial charge in [-0.05, 0) is 11.4 Å². The van der Waals surface area contributed by atoms with E-state index in [0.717, 1.165) is 0 Å². The highest BCUT2D eigenvalue weighted by Gasteiger charge is 2.04. The number of carbonyl (C=O) groups is 1. The van der Waals surface area contributed by atoms with Crippen LogP contribution in [0.4, 0.5) is 0 Å². The molecule has 5 heteroatoms. The lowest BCUT2D eigenvalue weighted by Gasteiger charge is -1.99. The van der Waals surface area contributed by atoms with Gasteiger partial charge in [-0.3, -0.25) is 4.79 Å². The number of nitrogens with one attached hydrogen (secondary N) is 1. The van der Waals surface area contributed by atoms with Gasteiger partial charge in [0.05, 0.1) is 16.4 Å². The number of amides is 1. The number of hydrogen-bond acceptors (Lipinski definition) is 3. The van der Waals surface area contributed by atoms with Gasteiger partial charge >= 0.3 is 0 Å². The minimum absolute atomic E-state index is 0.127. The molecule has 0 bridgehead atoms. The average molecular weight is 200 g/mol. The third-order valence-electron chi connectivity index (χ3n) is 1.17. The van der Waals surface area contributed by atoms with Crippen LogP contribution in [-0.4, -0.2) is 17.4 Å². The molecule has 0 saturated heterocycles. The largest absolute Gasteiger partial charge is 0.392 e. The number of thiophene rings is 1. The molecule has 0 saturated carbocycles. The van der Waals surface area contributed by atoms with Gasteiger partial charge in [-0.25, -0.2) is 0 Å². The molecule has 1 rings (SSSR count). The van der Waals surface area contributed by atoms with Crippen LogP contribution in [0.3, 0.4) is 0 Å². The van der Waals surface area contributed by atoms with Crippen molar-refractivity contribution in [2.24, 2.45) is 5.73 Å². The van der Waals surface area contributed by atoms with E-state index in [-0.39, 0.29) is 12.5 Å². The maximum absolute atomic E-state index is 11.2. The zero-order valence-corrected chi connectivity index (χ0v) is 7.87. The van der Waals surface area contributed by atoms with Crippen molar-refractivity contribution in [1.29, 1.82) is 0 Å². The van der Waals surface area contributed by atoms with Gasteiger partial charge in [0.1, 0.15) is 0 Å². The van der Waals surface area contributed by atoms with E-state index in [9.17, 15) is 4.79 Å². The third-order valence-corrected chi connectivity index (χ3v) is 2.18. The van der Waals surface area contributed by atoms with Crippen molar-refractivity contribution in [3.63, 3.8) is 0 Å². The van der Waals surface area contributed by atoms with Crippen LogP contribution in [0.15, 0.2) is 17.5 Å². The topological polar surface area (TPSA) is 55.1 Å². The maximum atomic E-state index is 11.2. The molecule has 0 unspecified atom stereocenters. The van der Waals surface area contributed by atoms with Crippen LogP contribution in [0.5, 0.6) is 0 Å². The van der Waals surface area contributed by atoms with Crippen molar-refractivity contribution in [2.75, 3.05) is 6.54 Å². The number of nitrogens with two attached hydrogens (primary N) is 1. The van der Waals surface area contributed by atoms with E-state index in [2.05, 4.69) is 17.5 Å². The number of hydrogen-bond donors (Lipinski definition) is 2. The van der Waals surface area contributed by atoms with Crippen molar-refractivity contribution in [2.45, 2.75) is 0 Å². The summed E-state index contributed by atoms with van der Waals surface area (Å²) < 4.78 is 0. The Morgan fingerprint density at radius 2 is 2.50 bits per heavy atom. The molecule has 1 heterocycles. The Kier molecular flexibility index (Phi) is 3.19. The Morgan fingerprint density at radius 1 is 1.75 bits per heavy atom. The summed E-state index contributed by atoms with van der Waals surface area (Å²) in [6, 6.07) is 3.57. The van der Waals surface area contributed by atoms with Gasteiger partial charge in [-0.15, -0.1) is 11.3 Å². The van der Waals surface area contributed by atoms with Gasteiger partial charge in [0.25, 0.3) is 5.91 Å². The smallest absolute Gasteiger partial charge is 0.261 e. The van der Waals surface area contributed by atoms with Gasteiger partial charge < -0.3 is 11.1 Å². The predicted molar refractivity (Wildman–Crippen MR) is 53.4 cm³/mol. The number of rotatable bonds is 3. The van der Waals surface area contributed by atoms with Crippen LogP contribution in [-0.2, 0) is 0 Å². The van der Waals surface area contributed by atoms with E-state index in [4.69, 9.17) is 5.73 Å². The Morgan fingerprint density at radius 3 is 3.00 bits per heavy atom. The molecule has 0 aromatic carbocycles. The van der Waals surface area contributed by atoms with E-state index in [1.165, 1.54) is 11.3 Å². The molecule has 1 aromatic rings. The summed E-state index contributed by atoms with van der Waals surface area (Å²) in [7, 11) is 0. The molecule has 0 spiro atoms. The molecule has 0 atom stereocenters. The minimum Gasteiger partial charge on any atom is -0.392 e. The van der Waals surface area contributed by atoms with Crippen LogP contribution in [0, 0.1) is 0 Å². The Labute approximate surface area is 79.6 Å². The maximum Gasteiger partial charge on any atom is 0.261 e. The van der Waals surface area contributed by atoms with Crippen LogP contribution in [0.2, 0.25) is 0 Å². The fourth-order valence-corrected chi connectivity index (χ4v) is 1.37. The van der Waals surface area contributed by atoms with Gasteiger partial charge in [-0.1, -0.05) is 18.3 Å². The van der Waals surface area contributed by atoms with Gasteiger partial charge in [0.2, 0.25) is 0 Å². The van der Waals surface area contributed by atoms with Gasteiger partial charge in [-0.2, -0.15) is 0 Å². The molecule has 12 heavy (non-hydrogen) atoms. The summed E-state index contributed by atoms with van der Waals surface area (Å²) in [6.45, 7) is 0.256. The highest BCUT2D eigenvalue weighted by molar-refractivity contribution is 7.80. The SMILES string of the molecule is NC(=S)CNC(=O)c1cccs1. The summed E-state index contributed by atoms with van der Waals surface area (Å²) in [5, 5.41) is 4.43. The van der Waals surface area contributed by atoms with Crippen molar-refractivity contribution in [3.05, 3.63) is 22.4 Å². The second-order valence-corrected chi connectivity index (χ2v) is 3.60. The van der Waals surface area contributed by atoms with Crippen molar-refractivity contribution in [3.8, 4) is 0 Å². The molecular weight excluding hydrogens is 192 g/mol. The standard InChI is InChI=1S/C7H8N2OS2/c8-6(11)4-9-7(10)5-2-1-3-12-5/h1-3H,4H2,(H2,8,11)(H,9,10). The monoisotopic (exact) mass is 200 g/mol. The first kappa shape index (κ1) is 9.15. The van der Waals surface area contributed by atoms with Crippen molar-refractivity contribution < 1.29 is 4.79 Å². The zero-order valence-electron chi connectivity index (χ0n) is 6.24. The zero-order chi connectivity index (χ0) is 8.97. The highest BCUT2D eigenvalue weighted by atomic mass is 32.1. The summed E-state index contributed by atoms with van der Waals surface area (Å²) in [5.74, 6) is -0.127. The molecule has 0 aliphatic rings. The second kappa shape index (κ2) is 4.18. The second-order valence-electron chi connectivity index (χ2n) is 2.13. The summed E-state index contributed by atoms with van der Waals surface area (Å²) in [5.41, 5.74) is 5.21. The van der Waals surface area contributed by atoms with E-state index >= 15 is 0 Å². The summed E-state index contributed by atoms with van der Waals surface area (Å²) in [4.78, 5) is 12.2. The Balaban J connectivity index is 2.45. The number of thiocarbonyl (C=S) groups is 1. The first-order valence-corrected chi connectivity index (χ1v) is 4.59. The molecule has 0 fully saturated rings. The normalized spacial score (nSPS) is 9.33. The molecule has 1 aromatic heterocycles. The molecule has 0 aliphatic heterocycles. The molecule has 3 N–H and O–H groups in total. The van der Waals surface area contributed by atoms with Gasteiger partial charge in [0, 0.05) is 0 Å². The van der Waals surface area contributed by atoms with Crippen LogP contribution in [0.25, 0.3) is 0 Å². The molecule has 0 radical (unpaired) electrons. The van der Waals surface area contributed by atoms with E-state index in [0.29, 0.717) is 9.87 Å². The summed E-state index contributed by atoms with van der Waals surface area (Å²) in [6.07, 6.45) is 0. The number of carbonyl (C=O) groups excluding carboxylic acids is 1. The minimum atomic E-state index is -0.127. The fourth-order valence-electron chi connectivity index (χ4n) is 0.662. The van der Waals surface area contributed by atoms with Crippen molar-refractivity contribution in [1.82, 2.24) is 5.32 Å². The average Bonchev–Trinajstić information content (AvgIpc) is 2.51. The van der Waals surface area contributed by atoms with Crippen LogP contribution < -0.4 is 11.1 Å².